The quantitative estimate of drug-likeness (QED) is 0.317. The van der Waals surface area contributed by atoms with Crippen LogP contribution < -0.4 is 15.4 Å². The Morgan fingerprint density at radius 1 is 1.03 bits per heavy atom. The summed E-state index contributed by atoms with van der Waals surface area (Å²) in [4.78, 5) is 7.36. The van der Waals surface area contributed by atoms with Crippen molar-refractivity contribution in [2.75, 3.05) is 40.0 Å². The van der Waals surface area contributed by atoms with Crippen molar-refractivity contribution in [3.8, 4) is 5.75 Å². The van der Waals surface area contributed by atoms with E-state index in [0.717, 1.165) is 62.7 Å². The summed E-state index contributed by atoms with van der Waals surface area (Å²) in [5.41, 5.74) is 2.53. The van der Waals surface area contributed by atoms with Gasteiger partial charge in [-0.15, -0.1) is 0 Å². The molecule has 0 saturated carbocycles. The average Bonchev–Trinajstić information content (AvgIpc) is 2.83. The first-order chi connectivity index (χ1) is 15.8. The topological polar surface area (TPSA) is 58.1 Å². The van der Waals surface area contributed by atoms with Gasteiger partial charge in [0.05, 0.1) is 13.2 Å². The van der Waals surface area contributed by atoms with E-state index in [1.54, 1.807) is 7.11 Å². The van der Waals surface area contributed by atoms with Gasteiger partial charge in [0.15, 0.2) is 5.96 Å². The van der Waals surface area contributed by atoms with Gasteiger partial charge >= 0.3 is 0 Å². The number of guanidine groups is 1. The zero-order valence-corrected chi connectivity index (χ0v) is 19.6. The van der Waals surface area contributed by atoms with Gasteiger partial charge in [0.25, 0.3) is 0 Å². The fraction of sp³-hybridized carbons (Fsp3) is 0.500. The molecule has 3 rings (SSSR count). The number of likely N-dealkylation sites (tertiary alicyclic amines) is 1. The van der Waals surface area contributed by atoms with Crippen LogP contribution in [-0.2, 0) is 17.8 Å². The molecule has 6 nitrogen and oxygen atoms in total. The van der Waals surface area contributed by atoms with Gasteiger partial charge in [0.2, 0.25) is 0 Å². The lowest BCUT2D eigenvalue weighted by molar-refractivity contribution is 0.172. The molecular formula is C26H38N4O2. The van der Waals surface area contributed by atoms with E-state index in [-0.39, 0.29) is 0 Å². The van der Waals surface area contributed by atoms with E-state index in [1.165, 1.54) is 5.56 Å². The molecule has 0 radical (unpaired) electrons. The highest BCUT2D eigenvalue weighted by molar-refractivity contribution is 5.80. The van der Waals surface area contributed by atoms with Crippen LogP contribution in [0, 0.1) is 0 Å². The number of piperidine rings is 1. The minimum Gasteiger partial charge on any atom is -0.493 e. The number of ether oxygens (including phenoxy) is 2. The van der Waals surface area contributed by atoms with Gasteiger partial charge in [-0.1, -0.05) is 42.5 Å². The Kier molecular flexibility index (Phi) is 10.4. The summed E-state index contributed by atoms with van der Waals surface area (Å²) >= 11 is 0. The summed E-state index contributed by atoms with van der Waals surface area (Å²) < 4.78 is 10.9. The lowest BCUT2D eigenvalue weighted by atomic mass is 10.0. The molecule has 32 heavy (non-hydrogen) atoms. The van der Waals surface area contributed by atoms with Gasteiger partial charge in [-0.2, -0.15) is 0 Å². The number of hydrogen-bond donors (Lipinski definition) is 2. The monoisotopic (exact) mass is 438 g/mol. The molecule has 1 aliphatic heterocycles. The van der Waals surface area contributed by atoms with Crippen molar-refractivity contribution in [1.82, 2.24) is 15.5 Å². The summed E-state index contributed by atoms with van der Waals surface area (Å²) in [6, 6.07) is 19.4. The smallest absolute Gasteiger partial charge is 0.191 e. The number of nitrogens with zero attached hydrogens (tertiary/aromatic N) is 2. The fourth-order valence-corrected chi connectivity index (χ4v) is 3.89. The maximum Gasteiger partial charge on any atom is 0.191 e. The van der Waals surface area contributed by atoms with E-state index >= 15 is 0 Å². The Morgan fingerprint density at radius 3 is 2.56 bits per heavy atom. The van der Waals surface area contributed by atoms with Crippen LogP contribution in [0.5, 0.6) is 5.75 Å². The van der Waals surface area contributed by atoms with Crippen LogP contribution in [0.15, 0.2) is 59.6 Å². The van der Waals surface area contributed by atoms with Gasteiger partial charge in [-0.3, -0.25) is 4.90 Å². The zero-order chi connectivity index (χ0) is 22.4. The van der Waals surface area contributed by atoms with Gasteiger partial charge < -0.3 is 20.1 Å². The molecule has 6 heteroatoms. The minimum absolute atomic E-state index is 0.454. The summed E-state index contributed by atoms with van der Waals surface area (Å²) in [5, 5.41) is 7.04. The zero-order valence-electron chi connectivity index (χ0n) is 19.6. The van der Waals surface area contributed by atoms with E-state index in [0.29, 0.717) is 25.8 Å². The second kappa shape index (κ2) is 13.8. The Labute approximate surface area is 193 Å². The van der Waals surface area contributed by atoms with Gasteiger partial charge in [-0.25, -0.2) is 4.99 Å². The molecule has 0 aliphatic carbocycles. The SMILES string of the molecule is CCNC(=NCc1cccc(OCCCOC)c1)NC1CCN(Cc2ccccc2)CC1. The van der Waals surface area contributed by atoms with Crippen LogP contribution in [0.1, 0.15) is 37.3 Å². The van der Waals surface area contributed by atoms with Crippen LogP contribution in [0.4, 0.5) is 0 Å². The number of benzene rings is 2. The second-order valence-electron chi connectivity index (χ2n) is 8.22. The molecule has 2 aromatic carbocycles. The third-order valence-corrected chi connectivity index (χ3v) is 5.60. The van der Waals surface area contributed by atoms with Crippen molar-refractivity contribution in [3.05, 3.63) is 65.7 Å². The Morgan fingerprint density at radius 2 is 1.81 bits per heavy atom. The highest BCUT2D eigenvalue weighted by Gasteiger charge is 2.20. The first-order valence-corrected chi connectivity index (χ1v) is 11.8. The largest absolute Gasteiger partial charge is 0.493 e. The van der Waals surface area contributed by atoms with Gasteiger partial charge in [0.1, 0.15) is 5.75 Å². The lowest BCUT2D eigenvalue weighted by Gasteiger charge is -2.33. The minimum atomic E-state index is 0.454. The maximum absolute atomic E-state index is 5.81. The molecule has 1 fully saturated rings. The highest BCUT2D eigenvalue weighted by atomic mass is 16.5. The van der Waals surface area contributed by atoms with Crippen LogP contribution in [0.2, 0.25) is 0 Å². The van der Waals surface area contributed by atoms with E-state index in [2.05, 4.69) is 64.9 Å². The van der Waals surface area contributed by atoms with Crippen molar-refractivity contribution in [3.63, 3.8) is 0 Å². The predicted molar refractivity (Wildman–Crippen MR) is 131 cm³/mol. The first kappa shape index (κ1) is 24.1. The molecule has 0 spiro atoms. The number of hydrogen-bond acceptors (Lipinski definition) is 4. The summed E-state index contributed by atoms with van der Waals surface area (Å²) in [7, 11) is 1.71. The second-order valence-corrected chi connectivity index (χ2v) is 8.22. The molecule has 2 N–H and O–H groups in total. The fourth-order valence-electron chi connectivity index (χ4n) is 3.89. The van der Waals surface area contributed by atoms with Crippen molar-refractivity contribution in [2.45, 2.75) is 45.3 Å². The van der Waals surface area contributed by atoms with Crippen LogP contribution in [0.25, 0.3) is 0 Å². The predicted octanol–water partition coefficient (Wildman–Crippen LogP) is 3.82. The molecule has 1 aliphatic rings. The van der Waals surface area contributed by atoms with Crippen molar-refractivity contribution < 1.29 is 9.47 Å². The van der Waals surface area contributed by atoms with E-state index < -0.39 is 0 Å². The van der Waals surface area contributed by atoms with Gasteiger partial charge in [-0.05, 0) is 43.0 Å². The molecule has 0 amide bonds. The molecule has 1 saturated heterocycles. The third-order valence-electron chi connectivity index (χ3n) is 5.60. The third kappa shape index (κ3) is 8.52. The lowest BCUT2D eigenvalue weighted by Crippen LogP contribution is -2.48. The van der Waals surface area contributed by atoms with Crippen molar-refractivity contribution >= 4 is 5.96 Å². The standard InChI is InChI=1S/C26H38N4O2/c1-3-27-26(28-20-23-11-7-12-25(19-23)32-18-8-17-31-2)29-24-13-15-30(16-14-24)21-22-9-5-4-6-10-22/h4-7,9-12,19,24H,3,8,13-18,20-21H2,1-2H3,(H2,27,28,29). The Bertz CT molecular complexity index is 804. The first-order valence-electron chi connectivity index (χ1n) is 11.8. The summed E-state index contributed by atoms with van der Waals surface area (Å²) in [6.45, 7) is 8.20. The highest BCUT2D eigenvalue weighted by Crippen LogP contribution is 2.16. The summed E-state index contributed by atoms with van der Waals surface area (Å²) in [6.07, 6.45) is 3.14. The van der Waals surface area contributed by atoms with E-state index in [9.17, 15) is 0 Å². The Balaban J connectivity index is 1.47. The van der Waals surface area contributed by atoms with E-state index in [4.69, 9.17) is 14.5 Å². The van der Waals surface area contributed by atoms with Crippen molar-refractivity contribution in [1.29, 1.82) is 0 Å². The molecule has 174 valence electrons. The maximum atomic E-state index is 5.81. The van der Waals surface area contributed by atoms with E-state index in [1.807, 2.05) is 12.1 Å². The van der Waals surface area contributed by atoms with Gasteiger partial charge in [0, 0.05) is 52.4 Å². The number of nitrogens with one attached hydrogen (secondary N) is 2. The van der Waals surface area contributed by atoms with Crippen LogP contribution >= 0.6 is 0 Å². The summed E-state index contributed by atoms with van der Waals surface area (Å²) in [5.74, 6) is 1.78. The number of rotatable bonds is 11. The molecule has 0 atom stereocenters. The normalized spacial score (nSPS) is 15.5. The molecule has 2 aromatic rings. The van der Waals surface area contributed by atoms with Crippen molar-refractivity contribution in [2.24, 2.45) is 4.99 Å². The van der Waals surface area contributed by atoms with Crippen LogP contribution in [-0.4, -0.2) is 56.9 Å². The molecular weight excluding hydrogens is 400 g/mol. The molecule has 0 unspecified atom stereocenters. The molecule has 1 heterocycles. The molecule has 0 bridgehead atoms. The average molecular weight is 439 g/mol. The number of aliphatic imine (C=N–C) groups is 1. The Hall–Kier alpha value is -2.57. The van der Waals surface area contributed by atoms with Crippen LogP contribution in [0.3, 0.4) is 0 Å². The number of methoxy groups -OCH3 is 1. The molecule has 0 aromatic heterocycles.